The fourth-order valence-electron chi connectivity index (χ4n) is 3.32. The molecule has 2 heterocycles. The van der Waals surface area contributed by atoms with E-state index in [1.54, 1.807) is 12.1 Å². The minimum absolute atomic E-state index is 0.0197. The van der Waals surface area contributed by atoms with Crippen LogP contribution in [-0.2, 0) is 13.6 Å². The zero-order valence-electron chi connectivity index (χ0n) is 16.7. The first kappa shape index (κ1) is 20.9. The van der Waals surface area contributed by atoms with Crippen LogP contribution in [0.3, 0.4) is 0 Å². The molecule has 2 aromatic carbocycles. The Bertz CT molecular complexity index is 1340. The number of aromatic nitrogens is 3. The van der Waals surface area contributed by atoms with Gasteiger partial charge in [0.05, 0.1) is 44.7 Å². The Balaban J connectivity index is 1.75. The van der Waals surface area contributed by atoms with Crippen LogP contribution in [0.4, 0.5) is 21.5 Å². The lowest BCUT2D eigenvalue weighted by molar-refractivity contribution is 0.628. The van der Waals surface area contributed by atoms with Crippen LogP contribution >= 0.6 is 23.2 Å². The molecule has 2 aromatic heterocycles. The Morgan fingerprint density at radius 2 is 1.90 bits per heavy atom. The molecule has 2 N–H and O–H groups in total. The van der Waals surface area contributed by atoms with Crippen LogP contribution < -0.4 is 10.6 Å². The van der Waals surface area contributed by atoms with Crippen LogP contribution in [-0.4, -0.2) is 14.8 Å². The molecule has 156 valence electrons. The molecule has 0 saturated heterocycles. The number of nitrogens with one attached hydrogen (secondary N) is 2. The Labute approximate surface area is 188 Å². The van der Waals surface area contributed by atoms with Gasteiger partial charge in [0, 0.05) is 30.0 Å². The monoisotopic (exact) mass is 454 g/mol. The van der Waals surface area contributed by atoms with E-state index in [0.717, 1.165) is 17.1 Å². The van der Waals surface area contributed by atoms with Crippen molar-refractivity contribution in [2.75, 3.05) is 10.6 Å². The average Bonchev–Trinajstić information content (AvgIpc) is 3.06. The normalized spacial score (nSPS) is 10.8. The number of nitriles is 1. The van der Waals surface area contributed by atoms with Crippen molar-refractivity contribution in [1.29, 1.82) is 5.26 Å². The Morgan fingerprint density at radius 3 is 2.58 bits per heavy atom. The van der Waals surface area contributed by atoms with Crippen LogP contribution in [0.25, 0.3) is 10.9 Å². The quantitative estimate of drug-likeness (QED) is 0.389. The van der Waals surface area contributed by atoms with E-state index in [2.05, 4.69) is 26.8 Å². The van der Waals surface area contributed by atoms with Crippen molar-refractivity contribution in [1.82, 2.24) is 14.8 Å². The summed E-state index contributed by atoms with van der Waals surface area (Å²) in [4.78, 5) is 4.34. The molecule has 0 bridgehead atoms. The highest BCUT2D eigenvalue weighted by Gasteiger charge is 2.14. The first-order valence-corrected chi connectivity index (χ1v) is 10.1. The minimum Gasteiger partial charge on any atom is -0.379 e. The van der Waals surface area contributed by atoms with Gasteiger partial charge in [-0.2, -0.15) is 10.4 Å². The van der Waals surface area contributed by atoms with E-state index < -0.39 is 5.82 Å². The second-order valence-corrected chi connectivity index (χ2v) is 7.84. The fourth-order valence-corrected chi connectivity index (χ4v) is 3.77. The molecule has 0 atom stereocenters. The second kappa shape index (κ2) is 8.42. The molecule has 0 unspecified atom stereocenters. The number of anilines is 3. The van der Waals surface area contributed by atoms with Gasteiger partial charge in [-0.25, -0.2) is 4.39 Å². The zero-order valence-corrected chi connectivity index (χ0v) is 18.2. The molecular formula is C22H17Cl2FN6. The summed E-state index contributed by atoms with van der Waals surface area (Å²) in [5.74, 6) is -0.521. The molecule has 6 nitrogen and oxygen atoms in total. The summed E-state index contributed by atoms with van der Waals surface area (Å²) in [6, 6.07) is 12.0. The number of aryl methyl sites for hydroxylation is 2. The molecule has 0 radical (unpaired) electrons. The number of hydrogen-bond donors (Lipinski definition) is 2. The van der Waals surface area contributed by atoms with Gasteiger partial charge >= 0.3 is 0 Å². The molecule has 31 heavy (non-hydrogen) atoms. The van der Waals surface area contributed by atoms with E-state index in [4.69, 9.17) is 23.2 Å². The molecule has 0 aliphatic rings. The third kappa shape index (κ3) is 4.26. The molecule has 0 fully saturated rings. The third-order valence-electron chi connectivity index (χ3n) is 4.81. The highest BCUT2D eigenvalue weighted by atomic mass is 35.5. The van der Waals surface area contributed by atoms with Crippen LogP contribution in [0.5, 0.6) is 0 Å². The minimum atomic E-state index is -0.521. The summed E-state index contributed by atoms with van der Waals surface area (Å²) in [6.07, 6.45) is 1.45. The number of hydrogen-bond acceptors (Lipinski definition) is 5. The van der Waals surface area contributed by atoms with Crippen LogP contribution in [0.15, 0.2) is 42.6 Å². The van der Waals surface area contributed by atoms with Crippen LogP contribution in [0.2, 0.25) is 10.0 Å². The van der Waals surface area contributed by atoms with E-state index in [1.165, 1.54) is 18.3 Å². The lowest BCUT2D eigenvalue weighted by atomic mass is 10.1. The maximum atomic E-state index is 13.5. The van der Waals surface area contributed by atoms with Gasteiger partial charge in [0.25, 0.3) is 0 Å². The van der Waals surface area contributed by atoms with Gasteiger partial charge in [-0.15, -0.1) is 0 Å². The second-order valence-electron chi connectivity index (χ2n) is 7.02. The Hall–Kier alpha value is -3.34. The molecule has 0 saturated carbocycles. The first-order valence-electron chi connectivity index (χ1n) is 9.33. The van der Waals surface area contributed by atoms with E-state index in [-0.39, 0.29) is 5.02 Å². The molecule has 9 heteroatoms. The summed E-state index contributed by atoms with van der Waals surface area (Å²) in [5.41, 5.74) is 4.61. The number of fused-ring (bicyclic) bond motifs is 1. The number of pyridine rings is 1. The van der Waals surface area contributed by atoms with Gasteiger partial charge < -0.3 is 10.6 Å². The molecule has 0 aliphatic heterocycles. The lowest BCUT2D eigenvalue weighted by Crippen LogP contribution is -2.06. The number of rotatable bonds is 5. The van der Waals surface area contributed by atoms with Crippen molar-refractivity contribution in [2.24, 2.45) is 7.05 Å². The van der Waals surface area contributed by atoms with Gasteiger partial charge in [0.2, 0.25) is 0 Å². The zero-order chi connectivity index (χ0) is 22.1. The predicted molar refractivity (Wildman–Crippen MR) is 121 cm³/mol. The SMILES string of the molecule is Cc1cc(CNc2cc(Cl)c3ncc(C#N)c(Nc4ccc(F)c(Cl)c4)c3c2)n(C)n1. The summed E-state index contributed by atoms with van der Waals surface area (Å²) in [6.45, 7) is 2.48. The lowest BCUT2D eigenvalue weighted by Gasteiger charge is -2.15. The Morgan fingerprint density at radius 1 is 1.13 bits per heavy atom. The Kier molecular flexibility index (Phi) is 5.68. The highest BCUT2D eigenvalue weighted by Crippen LogP contribution is 2.35. The largest absolute Gasteiger partial charge is 0.379 e. The number of halogens is 3. The fraction of sp³-hybridized carbons (Fsp3) is 0.136. The smallest absolute Gasteiger partial charge is 0.141 e. The van der Waals surface area contributed by atoms with Gasteiger partial charge in [0.1, 0.15) is 11.9 Å². The van der Waals surface area contributed by atoms with Crippen molar-refractivity contribution in [2.45, 2.75) is 13.5 Å². The van der Waals surface area contributed by atoms with E-state index >= 15 is 0 Å². The van der Waals surface area contributed by atoms with Crippen LogP contribution in [0, 0.1) is 24.1 Å². The van der Waals surface area contributed by atoms with Crippen molar-refractivity contribution in [3.63, 3.8) is 0 Å². The first-order chi connectivity index (χ1) is 14.9. The summed E-state index contributed by atoms with van der Waals surface area (Å²) in [7, 11) is 1.89. The molecule has 0 amide bonds. The summed E-state index contributed by atoms with van der Waals surface area (Å²) in [5, 5.41) is 21.5. The third-order valence-corrected chi connectivity index (χ3v) is 5.38. The van der Waals surface area contributed by atoms with E-state index in [9.17, 15) is 9.65 Å². The maximum absolute atomic E-state index is 13.5. The predicted octanol–water partition coefficient (Wildman–Crippen LogP) is 5.95. The van der Waals surface area contributed by atoms with Gasteiger partial charge in [-0.05, 0) is 43.3 Å². The van der Waals surface area contributed by atoms with Gasteiger partial charge in [-0.1, -0.05) is 23.2 Å². The topological polar surface area (TPSA) is 78.6 Å². The van der Waals surface area contributed by atoms with Crippen molar-refractivity contribution >= 4 is 51.2 Å². The standard InChI is InChI=1S/C22H17Cl2FN6/c1-12-5-16(31(2)30-12)11-27-15-6-17-21(29-14-3-4-20(25)18(23)7-14)13(9-26)10-28-22(17)19(24)8-15/h3-8,10,27H,11H2,1-2H3,(H,28,29). The molecular weight excluding hydrogens is 438 g/mol. The summed E-state index contributed by atoms with van der Waals surface area (Å²) < 4.78 is 15.4. The van der Waals surface area contributed by atoms with Crippen molar-refractivity contribution < 1.29 is 4.39 Å². The van der Waals surface area contributed by atoms with E-state index in [0.29, 0.717) is 39.4 Å². The van der Waals surface area contributed by atoms with Crippen LogP contribution in [0.1, 0.15) is 17.0 Å². The number of benzene rings is 2. The van der Waals surface area contributed by atoms with Gasteiger partial charge in [0.15, 0.2) is 0 Å². The highest BCUT2D eigenvalue weighted by molar-refractivity contribution is 6.36. The van der Waals surface area contributed by atoms with Crippen molar-refractivity contribution in [3.05, 3.63) is 75.4 Å². The number of nitrogens with zero attached hydrogens (tertiary/aromatic N) is 4. The van der Waals surface area contributed by atoms with E-state index in [1.807, 2.05) is 30.8 Å². The average molecular weight is 455 g/mol. The molecule has 4 aromatic rings. The maximum Gasteiger partial charge on any atom is 0.141 e. The molecule has 0 aliphatic carbocycles. The summed E-state index contributed by atoms with van der Waals surface area (Å²) >= 11 is 12.4. The van der Waals surface area contributed by atoms with Crippen molar-refractivity contribution in [3.8, 4) is 6.07 Å². The molecule has 4 rings (SSSR count). The molecule has 0 spiro atoms. The van der Waals surface area contributed by atoms with Gasteiger partial charge in [-0.3, -0.25) is 9.67 Å².